The smallest absolute Gasteiger partial charge is 0.274 e. The summed E-state index contributed by atoms with van der Waals surface area (Å²) >= 11 is 1.56. The SMILES string of the molecule is COc1ccc(C(=O)NCC2C3CC3CN2C(=O)c2nc(C)sc2-c2cccc(C)c2)cc1C. The normalized spacial score (nSPS) is 20.7. The summed E-state index contributed by atoms with van der Waals surface area (Å²) in [6.07, 6.45) is 1.12. The van der Waals surface area contributed by atoms with Crippen molar-refractivity contribution in [2.24, 2.45) is 11.8 Å². The highest BCUT2D eigenvalue weighted by molar-refractivity contribution is 7.15. The number of aromatic nitrogens is 1. The number of methoxy groups -OCH3 is 1. The zero-order valence-electron chi connectivity index (χ0n) is 19.9. The summed E-state index contributed by atoms with van der Waals surface area (Å²) in [6.45, 7) is 7.09. The Morgan fingerprint density at radius 2 is 2.00 bits per heavy atom. The molecule has 3 unspecified atom stereocenters. The van der Waals surface area contributed by atoms with Gasteiger partial charge in [0.05, 0.1) is 23.0 Å². The van der Waals surface area contributed by atoms with Crippen LogP contribution >= 0.6 is 11.3 Å². The first-order valence-corrected chi connectivity index (χ1v) is 12.5. The van der Waals surface area contributed by atoms with Crippen molar-refractivity contribution < 1.29 is 14.3 Å². The number of fused-ring (bicyclic) bond motifs is 1. The number of piperidine rings is 1. The van der Waals surface area contributed by atoms with Gasteiger partial charge in [-0.3, -0.25) is 9.59 Å². The lowest BCUT2D eigenvalue weighted by Crippen LogP contribution is -2.45. The summed E-state index contributed by atoms with van der Waals surface area (Å²) in [5, 5.41) is 3.95. The molecule has 0 radical (unpaired) electrons. The second-order valence-corrected chi connectivity index (χ2v) is 10.6. The van der Waals surface area contributed by atoms with E-state index in [1.165, 1.54) is 0 Å². The average Bonchev–Trinajstić information content (AvgIpc) is 3.33. The molecule has 2 fully saturated rings. The van der Waals surface area contributed by atoms with Crippen molar-refractivity contribution in [3.05, 3.63) is 69.9 Å². The molecule has 1 aliphatic carbocycles. The zero-order chi connectivity index (χ0) is 24.0. The minimum atomic E-state index is -0.132. The van der Waals surface area contributed by atoms with E-state index in [1.54, 1.807) is 24.5 Å². The maximum atomic E-state index is 13.7. The predicted molar refractivity (Wildman–Crippen MR) is 134 cm³/mol. The highest BCUT2D eigenvalue weighted by Gasteiger charge is 2.54. The number of thiazole rings is 1. The van der Waals surface area contributed by atoms with Gasteiger partial charge in [-0.15, -0.1) is 11.3 Å². The van der Waals surface area contributed by atoms with Crippen LogP contribution in [0.15, 0.2) is 42.5 Å². The number of amides is 2. The molecular weight excluding hydrogens is 446 g/mol. The van der Waals surface area contributed by atoms with Crippen molar-refractivity contribution in [1.29, 1.82) is 0 Å². The van der Waals surface area contributed by atoms with E-state index in [0.717, 1.165) is 45.3 Å². The molecule has 1 aliphatic heterocycles. The minimum absolute atomic E-state index is 0.00633. The zero-order valence-corrected chi connectivity index (χ0v) is 20.7. The molecule has 6 nitrogen and oxygen atoms in total. The number of benzene rings is 2. The first-order valence-electron chi connectivity index (χ1n) is 11.6. The standard InChI is InChI=1S/C27H29N3O3S/c1-15-6-5-7-18(10-15)25-24(29-17(3)34-25)27(32)30-14-20-12-21(20)22(30)13-28-26(31)19-8-9-23(33-4)16(2)11-19/h5-11,20-22H,12-14H2,1-4H3,(H,28,31). The van der Waals surface area contributed by atoms with Crippen molar-refractivity contribution in [2.75, 3.05) is 20.2 Å². The summed E-state index contributed by atoms with van der Waals surface area (Å²) < 4.78 is 5.29. The second kappa shape index (κ2) is 8.87. The Morgan fingerprint density at radius 1 is 1.18 bits per heavy atom. The van der Waals surface area contributed by atoms with Gasteiger partial charge in [0.25, 0.3) is 11.8 Å². The van der Waals surface area contributed by atoms with E-state index >= 15 is 0 Å². The molecule has 2 aliphatic rings. The Kier molecular flexibility index (Phi) is 5.90. The minimum Gasteiger partial charge on any atom is -0.496 e. The molecule has 3 aromatic rings. The fraction of sp³-hybridized carbons (Fsp3) is 0.370. The van der Waals surface area contributed by atoms with Gasteiger partial charge < -0.3 is 15.0 Å². The maximum Gasteiger partial charge on any atom is 0.274 e. The lowest BCUT2D eigenvalue weighted by Gasteiger charge is -2.27. The third kappa shape index (κ3) is 4.20. The fourth-order valence-electron chi connectivity index (χ4n) is 5.08. The van der Waals surface area contributed by atoms with Crippen molar-refractivity contribution in [1.82, 2.24) is 15.2 Å². The van der Waals surface area contributed by atoms with Gasteiger partial charge in [-0.05, 0) is 68.4 Å². The Bertz CT molecular complexity index is 1270. The quantitative estimate of drug-likeness (QED) is 0.564. The molecule has 34 heavy (non-hydrogen) atoms. The van der Waals surface area contributed by atoms with E-state index in [1.807, 2.05) is 43.0 Å². The summed E-state index contributed by atoms with van der Waals surface area (Å²) in [7, 11) is 1.62. The Balaban J connectivity index is 1.33. The van der Waals surface area contributed by atoms with Crippen LogP contribution in [-0.4, -0.2) is 47.9 Å². The second-order valence-electron chi connectivity index (χ2n) is 9.36. The number of rotatable bonds is 6. The number of hydrogen-bond acceptors (Lipinski definition) is 5. The van der Waals surface area contributed by atoms with Gasteiger partial charge in [0.1, 0.15) is 11.4 Å². The van der Waals surface area contributed by atoms with Crippen LogP contribution in [0.1, 0.15) is 43.4 Å². The first kappa shape index (κ1) is 22.6. The largest absolute Gasteiger partial charge is 0.496 e. The Morgan fingerprint density at radius 3 is 2.74 bits per heavy atom. The third-order valence-corrected chi connectivity index (χ3v) is 7.93. The van der Waals surface area contributed by atoms with E-state index < -0.39 is 0 Å². The monoisotopic (exact) mass is 475 g/mol. The molecule has 1 aromatic heterocycles. The summed E-state index contributed by atoms with van der Waals surface area (Å²) in [6, 6.07) is 13.6. The molecule has 176 valence electrons. The first-order chi connectivity index (χ1) is 16.4. The lowest BCUT2D eigenvalue weighted by atomic mass is 10.1. The van der Waals surface area contributed by atoms with E-state index in [4.69, 9.17) is 4.74 Å². The van der Waals surface area contributed by atoms with Crippen molar-refractivity contribution in [3.8, 4) is 16.2 Å². The Labute approximate surface area is 204 Å². The molecule has 0 spiro atoms. The van der Waals surface area contributed by atoms with Crippen LogP contribution in [-0.2, 0) is 0 Å². The van der Waals surface area contributed by atoms with Gasteiger partial charge in [-0.2, -0.15) is 0 Å². The number of carbonyl (C=O) groups excluding carboxylic acids is 2. The summed E-state index contributed by atoms with van der Waals surface area (Å²) in [5.74, 6) is 1.56. The number of nitrogens with zero attached hydrogens (tertiary/aromatic N) is 2. The molecule has 7 heteroatoms. The van der Waals surface area contributed by atoms with Crippen LogP contribution in [0.3, 0.4) is 0 Å². The number of nitrogens with one attached hydrogen (secondary N) is 1. The number of ether oxygens (including phenoxy) is 1. The van der Waals surface area contributed by atoms with Crippen LogP contribution in [0.4, 0.5) is 0 Å². The van der Waals surface area contributed by atoms with Gasteiger partial charge in [0, 0.05) is 18.7 Å². The molecule has 0 bridgehead atoms. The van der Waals surface area contributed by atoms with Crippen LogP contribution in [0.5, 0.6) is 5.75 Å². The van der Waals surface area contributed by atoms with Gasteiger partial charge in [0.2, 0.25) is 0 Å². The Hall–Kier alpha value is -3.19. The molecule has 1 saturated heterocycles. The molecule has 3 atom stereocenters. The molecule has 2 aromatic carbocycles. The predicted octanol–water partition coefficient (Wildman–Crippen LogP) is 4.63. The molecule has 1 saturated carbocycles. The molecular formula is C27H29N3O3S. The molecule has 2 amide bonds. The van der Waals surface area contributed by atoms with Gasteiger partial charge in [0.15, 0.2) is 0 Å². The summed E-state index contributed by atoms with van der Waals surface area (Å²) in [5.41, 5.74) is 4.21. The van der Waals surface area contributed by atoms with E-state index in [0.29, 0.717) is 29.6 Å². The average molecular weight is 476 g/mol. The van der Waals surface area contributed by atoms with Gasteiger partial charge in [-0.1, -0.05) is 29.8 Å². The maximum absolute atomic E-state index is 13.7. The fourth-order valence-corrected chi connectivity index (χ4v) is 5.98. The highest BCUT2D eigenvalue weighted by Crippen LogP contribution is 2.50. The molecule has 2 heterocycles. The molecule has 5 rings (SSSR count). The van der Waals surface area contributed by atoms with E-state index in [9.17, 15) is 9.59 Å². The number of likely N-dealkylation sites (tertiary alicyclic amines) is 1. The lowest BCUT2D eigenvalue weighted by molar-refractivity contribution is 0.0690. The van der Waals surface area contributed by atoms with Gasteiger partial charge >= 0.3 is 0 Å². The number of carbonyl (C=O) groups is 2. The number of aryl methyl sites for hydroxylation is 3. The summed E-state index contributed by atoms with van der Waals surface area (Å²) in [4.78, 5) is 34.0. The van der Waals surface area contributed by atoms with Crippen molar-refractivity contribution in [2.45, 2.75) is 33.2 Å². The third-order valence-electron chi connectivity index (χ3n) is 6.91. The van der Waals surface area contributed by atoms with Crippen molar-refractivity contribution >= 4 is 23.2 Å². The van der Waals surface area contributed by atoms with E-state index in [-0.39, 0.29) is 17.9 Å². The van der Waals surface area contributed by atoms with Gasteiger partial charge in [-0.25, -0.2) is 4.98 Å². The highest BCUT2D eigenvalue weighted by atomic mass is 32.1. The van der Waals surface area contributed by atoms with Crippen LogP contribution in [0, 0.1) is 32.6 Å². The van der Waals surface area contributed by atoms with E-state index in [2.05, 4.69) is 29.4 Å². The van der Waals surface area contributed by atoms with Crippen LogP contribution in [0.25, 0.3) is 10.4 Å². The van der Waals surface area contributed by atoms with Crippen LogP contribution < -0.4 is 10.1 Å². The van der Waals surface area contributed by atoms with Crippen molar-refractivity contribution in [3.63, 3.8) is 0 Å². The molecule has 1 N–H and O–H groups in total. The van der Waals surface area contributed by atoms with Crippen LogP contribution in [0.2, 0.25) is 0 Å². The topological polar surface area (TPSA) is 71.5 Å². The number of hydrogen-bond donors (Lipinski definition) is 1.